The Labute approximate surface area is 103 Å². The summed E-state index contributed by atoms with van der Waals surface area (Å²) in [7, 11) is 0. The van der Waals surface area contributed by atoms with Gasteiger partial charge in [0.15, 0.2) is 0 Å². The molecule has 0 aromatic heterocycles. The number of benzene rings is 1. The van der Waals surface area contributed by atoms with Gasteiger partial charge in [0.25, 0.3) is 0 Å². The van der Waals surface area contributed by atoms with E-state index < -0.39 is 4.33 Å². The first-order valence-electron chi connectivity index (χ1n) is 4.43. The minimum atomic E-state index is -0.886. The van der Waals surface area contributed by atoms with Crippen molar-refractivity contribution in [2.75, 3.05) is 5.32 Å². The summed E-state index contributed by atoms with van der Waals surface area (Å²) in [5.41, 5.74) is 0.656. The molecule has 1 saturated carbocycles. The molecule has 1 amide bonds. The number of hydrogen-bond donors (Lipinski definition) is 1. The Balaban J connectivity index is 2.01. The monoisotopic (exact) mass is 263 g/mol. The summed E-state index contributed by atoms with van der Waals surface area (Å²) < 4.78 is -0.886. The zero-order valence-electron chi connectivity index (χ0n) is 7.64. The summed E-state index contributed by atoms with van der Waals surface area (Å²) in [6.45, 7) is 0. The van der Waals surface area contributed by atoms with Gasteiger partial charge in [0.2, 0.25) is 5.91 Å². The third kappa shape index (κ3) is 2.57. The Kier molecular flexibility index (Phi) is 2.84. The number of halogens is 3. The third-order valence-electron chi connectivity index (χ3n) is 2.23. The van der Waals surface area contributed by atoms with Gasteiger partial charge in [0.1, 0.15) is 4.33 Å². The van der Waals surface area contributed by atoms with Crippen molar-refractivity contribution in [3.8, 4) is 0 Å². The molecular formula is C10H8Cl3NO. The first kappa shape index (κ1) is 11.1. The molecule has 5 heteroatoms. The summed E-state index contributed by atoms with van der Waals surface area (Å²) in [5, 5.41) is 3.28. The van der Waals surface area contributed by atoms with Crippen LogP contribution in [0.4, 0.5) is 5.69 Å². The molecule has 0 spiro atoms. The molecule has 0 heterocycles. The van der Waals surface area contributed by atoms with Crippen LogP contribution in [0.2, 0.25) is 5.02 Å². The highest BCUT2D eigenvalue weighted by atomic mass is 35.5. The second-order valence-corrected chi connectivity index (χ2v) is 5.50. The average Bonchev–Trinajstić information content (AvgIpc) is 2.75. The van der Waals surface area contributed by atoms with Crippen LogP contribution in [0.3, 0.4) is 0 Å². The molecule has 0 unspecified atom stereocenters. The van der Waals surface area contributed by atoms with Gasteiger partial charge in [-0.1, -0.05) is 17.7 Å². The van der Waals surface area contributed by atoms with Crippen LogP contribution in [0.5, 0.6) is 0 Å². The van der Waals surface area contributed by atoms with Crippen LogP contribution in [0, 0.1) is 5.92 Å². The minimum Gasteiger partial charge on any atom is -0.326 e. The fraction of sp³-hybridized carbons (Fsp3) is 0.300. The van der Waals surface area contributed by atoms with Crippen molar-refractivity contribution in [1.29, 1.82) is 0 Å². The summed E-state index contributed by atoms with van der Waals surface area (Å²) in [5.74, 6) is -0.484. The maximum Gasteiger partial charge on any atom is 0.230 e. The van der Waals surface area contributed by atoms with Gasteiger partial charge in [-0.2, -0.15) is 0 Å². The highest BCUT2D eigenvalue weighted by Gasteiger charge is 2.56. The van der Waals surface area contributed by atoms with E-state index in [-0.39, 0.29) is 11.8 Å². The standard InChI is InChI=1S/C10H8Cl3NO/c11-6-2-1-3-7(4-6)14-9(15)8-5-10(8,12)13/h1-4,8H,5H2,(H,14,15)/t8-/m0/s1. The van der Waals surface area contributed by atoms with Gasteiger partial charge in [-0.05, 0) is 24.6 Å². The van der Waals surface area contributed by atoms with Crippen LogP contribution < -0.4 is 5.32 Å². The molecule has 0 radical (unpaired) electrons. The van der Waals surface area contributed by atoms with E-state index in [1.807, 2.05) is 0 Å². The van der Waals surface area contributed by atoms with E-state index in [1.165, 1.54) is 0 Å². The molecule has 2 nitrogen and oxygen atoms in total. The summed E-state index contributed by atoms with van der Waals surface area (Å²) >= 11 is 17.3. The highest BCUT2D eigenvalue weighted by molar-refractivity contribution is 6.52. The van der Waals surface area contributed by atoms with Crippen molar-refractivity contribution in [1.82, 2.24) is 0 Å². The molecule has 1 aliphatic rings. The maximum atomic E-state index is 11.6. The van der Waals surface area contributed by atoms with Gasteiger partial charge in [0.05, 0.1) is 5.92 Å². The largest absolute Gasteiger partial charge is 0.326 e. The molecular weight excluding hydrogens is 256 g/mol. The lowest BCUT2D eigenvalue weighted by atomic mass is 10.3. The van der Waals surface area contributed by atoms with Crippen molar-refractivity contribution in [3.05, 3.63) is 29.3 Å². The first-order chi connectivity index (χ1) is 6.99. The van der Waals surface area contributed by atoms with Gasteiger partial charge in [-0.25, -0.2) is 0 Å². The van der Waals surface area contributed by atoms with Crippen molar-refractivity contribution >= 4 is 46.4 Å². The molecule has 2 rings (SSSR count). The van der Waals surface area contributed by atoms with Crippen molar-refractivity contribution < 1.29 is 4.79 Å². The van der Waals surface area contributed by atoms with Crippen molar-refractivity contribution in [2.24, 2.45) is 5.92 Å². The average molecular weight is 265 g/mol. The lowest BCUT2D eigenvalue weighted by Crippen LogP contribution is -2.16. The van der Waals surface area contributed by atoms with E-state index >= 15 is 0 Å². The first-order valence-corrected chi connectivity index (χ1v) is 5.57. The molecule has 1 aromatic carbocycles. The van der Waals surface area contributed by atoms with Crippen LogP contribution in [0.25, 0.3) is 0 Å². The number of carbonyl (C=O) groups is 1. The molecule has 1 aliphatic carbocycles. The normalized spacial score (nSPS) is 22.2. The Morgan fingerprint density at radius 2 is 2.13 bits per heavy atom. The number of amides is 1. The molecule has 15 heavy (non-hydrogen) atoms. The van der Waals surface area contributed by atoms with Crippen molar-refractivity contribution in [2.45, 2.75) is 10.8 Å². The fourth-order valence-corrected chi connectivity index (χ4v) is 1.99. The zero-order chi connectivity index (χ0) is 11.1. The van der Waals surface area contributed by atoms with Crippen molar-refractivity contribution in [3.63, 3.8) is 0 Å². The molecule has 0 aliphatic heterocycles. The molecule has 0 bridgehead atoms. The van der Waals surface area contributed by atoms with Gasteiger partial charge >= 0.3 is 0 Å². The Morgan fingerprint density at radius 3 is 2.67 bits per heavy atom. The predicted octanol–water partition coefficient (Wildman–Crippen LogP) is 3.47. The highest BCUT2D eigenvalue weighted by Crippen LogP contribution is 2.53. The molecule has 1 aromatic rings. The predicted molar refractivity (Wildman–Crippen MR) is 62.6 cm³/mol. The Morgan fingerprint density at radius 1 is 1.47 bits per heavy atom. The maximum absolute atomic E-state index is 11.6. The lowest BCUT2D eigenvalue weighted by Gasteiger charge is -2.05. The number of alkyl halides is 2. The number of nitrogens with one attached hydrogen (secondary N) is 1. The zero-order valence-corrected chi connectivity index (χ0v) is 9.90. The summed E-state index contributed by atoms with van der Waals surface area (Å²) in [6, 6.07) is 6.93. The van der Waals surface area contributed by atoms with E-state index in [9.17, 15) is 4.79 Å². The topological polar surface area (TPSA) is 29.1 Å². The van der Waals surface area contributed by atoms with Crippen LogP contribution in [0.15, 0.2) is 24.3 Å². The SMILES string of the molecule is O=C(Nc1cccc(Cl)c1)[C@@H]1CC1(Cl)Cl. The number of anilines is 1. The van der Waals surface area contributed by atoms with Gasteiger partial charge in [-0.3, -0.25) is 4.79 Å². The summed E-state index contributed by atoms with van der Waals surface area (Å²) in [4.78, 5) is 11.6. The Bertz CT molecular complexity index is 405. The summed E-state index contributed by atoms with van der Waals surface area (Å²) in [6.07, 6.45) is 0.502. The molecule has 1 atom stereocenters. The van der Waals surface area contributed by atoms with Gasteiger partial charge < -0.3 is 5.32 Å². The second-order valence-electron chi connectivity index (χ2n) is 3.52. The Hall–Kier alpha value is -0.440. The smallest absolute Gasteiger partial charge is 0.230 e. The van der Waals surface area contributed by atoms with Gasteiger partial charge in [0, 0.05) is 10.7 Å². The van der Waals surface area contributed by atoms with E-state index in [0.29, 0.717) is 17.1 Å². The van der Waals surface area contributed by atoms with Crippen LogP contribution in [0.1, 0.15) is 6.42 Å². The van der Waals surface area contributed by atoms with Crippen LogP contribution in [-0.2, 0) is 4.79 Å². The van der Waals surface area contributed by atoms with Crippen LogP contribution in [-0.4, -0.2) is 10.2 Å². The minimum absolute atomic E-state index is 0.165. The van der Waals surface area contributed by atoms with E-state index in [0.717, 1.165) is 0 Å². The number of rotatable bonds is 2. The quantitative estimate of drug-likeness (QED) is 0.814. The number of hydrogen-bond acceptors (Lipinski definition) is 1. The fourth-order valence-electron chi connectivity index (χ4n) is 1.29. The number of carbonyl (C=O) groups excluding carboxylic acids is 1. The second kappa shape index (κ2) is 3.85. The van der Waals surface area contributed by atoms with Gasteiger partial charge in [-0.15, -0.1) is 23.2 Å². The van der Waals surface area contributed by atoms with E-state index in [1.54, 1.807) is 24.3 Å². The molecule has 1 fully saturated rings. The molecule has 1 N–H and O–H groups in total. The van der Waals surface area contributed by atoms with E-state index in [4.69, 9.17) is 34.8 Å². The van der Waals surface area contributed by atoms with E-state index in [2.05, 4.69) is 5.32 Å². The molecule has 0 saturated heterocycles. The van der Waals surface area contributed by atoms with Crippen LogP contribution >= 0.6 is 34.8 Å². The third-order valence-corrected chi connectivity index (χ3v) is 3.31. The molecule has 80 valence electrons. The lowest BCUT2D eigenvalue weighted by molar-refractivity contribution is -0.117.